The van der Waals surface area contributed by atoms with Crippen LogP contribution in [0, 0.1) is 0 Å². The van der Waals surface area contributed by atoms with E-state index in [0.717, 1.165) is 5.39 Å². The van der Waals surface area contributed by atoms with Gasteiger partial charge in [-0.1, -0.05) is 31.5 Å². The number of carboxylic acid groups (broad SMARTS) is 1. The second-order valence-corrected chi connectivity index (χ2v) is 6.18. The number of nitrogens with zero attached hydrogens (tertiary/aromatic N) is 1. The average molecular weight is 376 g/mol. The number of aliphatic carboxylic acids is 1. The van der Waals surface area contributed by atoms with Crippen molar-refractivity contribution in [2.45, 2.75) is 38.3 Å². The third-order valence-corrected chi connectivity index (χ3v) is 4.26. The molecule has 2 atom stereocenters. The van der Waals surface area contributed by atoms with Gasteiger partial charge in [0.05, 0.1) is 6.42 Å². The molecule has 2 aromatic rings. The van der Waals surface area contributed by atoms with Crippen molar-refractivity contribution in [2.24, 2.45) is 0 Å². The lowest BCUT2D eigenvalue weighted by Crippen LogP contribution is -2.47. The highest BCUT2D eigenvalue weighted by Crippen LogP contribution is 2.16. The zero-order chi connectivity index (χ0) is 20.0. The van der Waals surface area contributed by atoms with E-state index in [1.54, 1.807) is 30.3 Å². The fourth-order valence-electron chi connectivity index (χ4n) is 2.90. The molecule has 144 valence electrons. The Morgan fingerprint density at radius 2 is 1.93 bits per heavy atom. The number of nitrogens with one attached hydrogen (secondary N) is 1. The first-order valence-corrected chi connectivity index (χ1v) is 8.59. The van der Waals surface area contributed by atoms with Crippen LogP contribution in [0.1, 0.15) is 32.2 Å². The number of benzene rings is 1. The number of rotatable bonds is 9. The Morgan fingerprint density at radius 3 is 2.56 bits per heavy atom. The van der Waals surface area contributed by atoms with Gasteiger partial charge >= 0.3 is 5.97 Å². The van der Waals surface area contributed by atoms with E-state index in [1.165, 1.54) is 10.8 Å². The summed E-state index contributed by atoms with van der Waals surface area (Å²) < 4.78 is 14.0. The van der Waals surface area contributed by atoms with Gasteiger partial charge in [0.15, 0.2) is 5.78 Å². The van der Waals surface area contributed by atoms with Gasteiger partial charge in [-0.05, 0) is 23.9 Å². The summed E-state index contributed by atoms with van der Waals surface area (Å²) in [6, 6.07) is 6.22. The monoisotopic (exact) mass is 376 g/mol. The van der Waals surface area contributed by atoms with Gasteiger partial charge in [0.1, 0.15) is 18.8 Å². The third-order valence-electron chi connectivity index (χ3n) is 4.26. The highest BCUT2D eigenvalue weighted by atomic mass is 19.1. The Labute approximate surface area is 154 Å². The number of carbonyl (C=O) groups excluding carboxylic acids is 2. The zero-order valence-electron chi connectivity index (χ0n) is 14.9. The van der Waals surface area contributed by atoms with Crippen LogP contribution in [0.15, 0.2) is 41.3 Å². The minimum Gasteiger partial charge on any atom is -0.481 e. The number of pyridine rings is 1. The summed E-state index contributed by atoms with van der Waals surface area (Å²) >= 11 is 0. The number of amides is 1. The number of carboxylic acids is 1. The number of fused-ring (bicyclic) bond motifs is 1. The number of hydrogen-bond acceptors (Lipinski definition) is 4. The van der Waals surface area contributed by atoms with Crippen LogP contribution in [0.4, 0.5) is 4.39 Å². The summed E-state index contributed by atoms with van der Waals surface area (Å²) in [5.74, 6) is -3.05. The Bertz CT molecular complexity index is 908. The lowest BCUT2D eigenvalue weighted by molar-refractivity contribution is -0.140. The van der Waals surface area contributed by atoms with Gasteiger partial charge in [-0.25, -0.2) is 4.39 Å². The normalized spacial score (nSPS) is 13.1. The molecule has 0 aliphatic heterocycles. The number of halogens is 1. The molecule has 2 rings (SSSR count). The molecular weight excluding hydrogens is 355 g/mol. The number of Topliss-reactive ketones (excluding diaryl/α,β-unsaturated/α-hetero) is 1. The first kappa shape index (κ1) is 20.3. The van der Waals surface area contributed by atoms with Gasteiger partial charge in [-0.3, -0.25) is 19.2 Å². The first-order valence-electron chi connectivity index (χ1n) is 8.59. The summed E-state index contributed by atoms with van der Waals surface area (Å²) in [4.78, 5) is 48.0. The number of carbonyl (C=O) groups is 3. The summed E-state index contributed by atoms with van der Waals surface area (Å²) in [7, 11) is 0. The molecule has 1 aromatic heterocycles. The van der Waals surface area contributed by atoms with Crippen molar-refractivity contribution in [3.8, 4) is 0 Å². The molecule has 0 saturated heterocycles. The van der Waals surface area contributed by atoms with E-state index in [1.807, 2.05) is 6.92 Å². The SMILES string of the molecule is CCCC(C(=O)N[C@@H](CC(=O)O)C(=O)CF)n1ccc2ccccc2c1=O. The van der Waals surface area contributed by atoms with Gasteiger partial charge in [0.25, 0.3) is 5.56 Å². The van der Waals surface area contributed by atoms with E-state index in [-0.39, 0.29) is 5.56 Å². The summed E-state index contributed by atoms with van der Waals surface area (Å²) in [6.07, 6.45) is 1.64. The van der Waals surface area contributed by atoms with Crippen molar-refractivity contribution in [3.05, 3.63) is 46.9 Å². The van der Waals surface area contributed by atoms with Gasteiger partial charge in [0, 0.05) is 11.6 Å². The highest BCUT2D eigenvalue weighted by Gasteiger charge is 2.28. The largest absolute Gasteiger partial charge is 0.481 e. The second-order valence-electron chi connectivity index (χ2n) is 6.18. The van der Waals surface area contributed by atoms with Crippen molar-refractivity contribution >= 4 is 28.4 Å². The van der Waals surface area contributed by atoms with Crippen molar-refractivity contribution < 1.29 is 23.9 Å². The molecular formula is C19H21FN2O5. The van der Waals surface area contributed by atoms with Crippen LogP contribution in [-0.2, 0) is 14.4 Å². The maximum absolute atomic E-state index is 12.8. The molecule has 0 radical (unpaired) electrons. The maximum Gasteiger partial charge on any atom is 0.305 e. The molecule has 0 bridgehead atoms. The van der Waals surface area contributed by atoms with Crippen LogP contribution in [0.2, 0.25) is 0 Å². The average Bonchev–Trinajstić information content (AvgIpc) is 2.65. The van der Waals surface area contributed by atoms with E-state index in [0.29, 0.717) is 18.2 Å². The lowest BCUT2D eigenvalue weighted by atomic mass is 10.1. The fourth-order valence-corrected chi connectivity index (χ4v) is 2.90. The Kier molecular flexibility index (Phi) is 6.81. The zero-order valence-corrected chi connectivity index (χ0v) is 14.9. The summed E-state index contributed by atoms with van der Waals surface area (Å²) in [5.41, 5.74) is -0.367. The van der Waals surface area contributed by atoms with E-state index in [9.17, 15) is 23.6 Å². The fraction of sp³-hybridized carbons (Fsp3) is 0.368. The van der Waals surface area contributed by atoms with Gasteiger partial charge in [-0.2, -0.15) is 0 Å². The van der Waals surface area contributed by atoms with E-state index in [4.69, 9.17) is 5.11 Å². The van der Waals surface area contributed by atoms with Crippen LogP contribution in [0.3, 0.4) is 0 Å². The summed E-state index contributed by atoms with van der Waals surface area (Å²) in [5, 5.41) is 12.3. The molecule has 2 N–H and O–H groups in total. The van der Waals surface area contributed by atoms with E-state index < -0.39 is 42.8 Å². The van der Waals surface area contributed by atoms with Crippen LogP contribution >= 0.6 is 0 Å². The molecule has 0 spiro atoms. The van der Waals surface area contributed by atoms with Crippen LogP contribution in [0.5, 0.6) is 0 Å². The molecule has 1 aromatic carbocycles. The van der Waals surface area contributed by atoms with E-state index in [2.05, 4.69) is 5.32 Å². The molecule has 1 unspecified atom stereocenters. The van der Waals surface area contributed by atoms with Crippen LogP contribution < -0.4 is 10.9 Å². The molecule has 0 saturated carbocycles. The number of aromatic nitrogens is 1. The third kappa shape index (κ3) is 4.78. The minimum atomic E-state index is -1.48. The Morgan fingerprint density at radius 1 is 1.22 bits per heavy atom. The van der Waals surface area contributed by atoms with Crippen LogP contribution in [-0.4, -0.2) is 40.0 Å². The number of ketones is 1. The van der Waals surface area contributed by atoms with E-state index >= 15 is 0 Å². The Hall–Kier alpha value is -3.03. The molecule has 0 aliphatic carbocycles. The molecule has 1 amide bonds. The van der Waals surface area contributed by atoms with Gasteiger partial charge in [0.2, 0.25) is 5.91 Å². The topological polar surface area (TPSA) is 105 Å². The maximum atomic E-state index is 12.8. The molecule has 0 aliphatic rings. The predicted molar refractivity (Wildman–Crippen MR) is 97.3 cm³/mol. The smallest absolute Gasteiger partial charge is 0.305 e. The van der Waals surface area contributed by atoms with Gasteiger partial charge < -0.3 is 15.0 Å². The van der Waals surface area contributed by atoms with Crippen molar-refractivity contribution in [1.82, 2.24) is 9.88 Å². The summed E-state index contributed by atoms with van der Waals surface area (Å²) in [6.45, 7) is 0.445. The Balaban J connectivity index is 2.37. The van der Waals surface area contributed by atoms with Crippen molar-refractivity contribution in [1.29, 1.82) is 0 Å². The molecule has 1 heterocycles. The first-order chi connectivity index (χ1) is 12.9. The lowest BCUT2D eigenvalue weighted by Gasteiger charge is -2.22. The van der Waals surface area contributed by atoms with Crippen LogP contribution in [0.25, 0.3) is 10.8 Å². The second kappa shape index (κ2) is 9.07. The quantitative estimate of drug-likeness (QED) is 0.695. The van der Waals surface area contributed by atoms with Crippen molar-refractivity contribution in [3.63, 3.8) is 0 Å². The molecule has 27 heavy (non-hydrogen) atoms. The minimum absolute atomic E-state index is 0.299. The standard InChI is InChI=1S/C19H21FN2O5/c1-2-5-15(18(26)21-14(10-17(24)25)16(23)11-20)22-9-8-12-6-3-4-7-13(12)19(22)27/h3-4,6-9,14-15H,2,5,10-11H2,1H3,(H,21,26)(H,24,25)/t14-,15?/m0/s1. The number of alkyl halides is 1. The molecule has 8 heteroatoms. The van der Waals surface area contributed by atoms with Gasteiger partial charge in [-0.15, -0.1) is 0 Å². The number of hydrogen-bond donors (Lipinski definition) is 2. The molecule has 7 nitrogen and oxygen atoms in total. The molecule has 0 fully saturated rings. The van der Waals surface area contributed by atoms with Crippen molar-refractivity contribution in [2.75, 3.05) is 6.67 Å². The highest BCUT2D eigenvalue weighted by molar-refractivity contribution is 5.93. The predicted octanol–water partition coefficient (Wildman–Crippen LogP) is 1.84.